The van der Waals surface area contributed by atoms with E-state index >= 15 is 0 Å². The predicted octanol–water partition coefficient (Wildman–Crippen LogP) is 1.63. The van der Waals surface area contributed by atoms with Gasteiger partial charge in [-0.3, -0.25) is 9.59 Å². The number of pyridine rings is 1. The molecule has 2 aromatic rings. The van der Waals surface area contributed by atoms with Crippen LogP contribution in [0.1, 0.15) is 35.4 Å². The van der Waals surface area contributed by atoms with Gasteiger partial charge < -0.3 is 14.8 Å². The summed E-state index contributed by atoms with van der Waals surface area (Å²) in [7, 11) is 0. The largest absolute Gasteiger partial charge is 0.481 e. The number of rotatable bonds is 3. The number of fused-ring (bicyclic) bond motifs is 1. The Morgan fingerprint density at radius 2 is 2.19 bits per heavy atom. The number of carboxylic acid groups (broad SMARTS) is 1. The van der Waals surface area contributed by atoms with Crippen molar-refractivity contribution in [1.82, 2.24) is 14.7 Å². The summed E-state index contributed by atoms with van der Waals surface area (Å²) >= 11 is 0. The van der Waals surface area contributed by atoms with Crippen LogP contribution in [-0.2, 0) is 4.79 Å². The van der Waals surface area contributed by atoms with E-state index in [0.29, 0.717) is 25.0 Å². The van der Waals surface area contributed by atoms with Crippen molar-refractivity contribution in [3.63, 3.8) is 0 Å². The second kappa shape index (κ2) is 5.20. The van der Waals surface area contributed by atoms with Gasteiger partial charge in [-0.15, -0.1) is 0 Å². The van der Waals surface area contributed by atoms with Gasteiger partial charge in [0, 0.05) is 17.9 Å². The van der Waals surface area contributed by atoms with Crippen LogP contribution in [0.4, 0.5) is 0 Å². The molecule has 2 aromatic heterocycles. The summed E-state index contributed by atoms with van der Waals surface area (Å²) < 4.78 is 1.86. The van der Waals surface area contributed by atoms with Gasteiger partial charge in [-0.05, 0) is 38.3 Å². The lowest BCUT2D eigenvalue weighted by molar-refractivity contribution is -0.141. The van der Waals surface area contributed by atoms with Crippen LogP contribution in [0.15, 0.2) is 24.4 Å². The molecule has 1 saturated carbocycles. The molecular formula is C15H17N3O3. The molecule has 6 heteroatoms. The molecule has 2 N–H and O–H groups in total. The Balaban J connectivity index is 1.73. The molecule has 0 radical (unpaired) electrons. The van der Waals surface area contributed by atoms with Crippen LogP contribution >= 0.6 is 0 Å². The van der Waals surface area contributed by atoms with Crippen LogP contribution < -0.4 is 5.32 Å². The molecular weight excluding hydrogens is 270 g/mol. The molecule has 0 bridgehead atoms. The zero-order chi connectivity index (χ0) is 15.0. The second-order valence-corrected chi connectivity index (χ2v) is 5.54. The molecule has 0 spiro atoms. The number of hydrogen-bond donors (Lipinski definition) is 2. The SMILES string of the molecule is Cc1cccc2nc(C(=O)N[C@@H]3CC[C@H](C(=O)O)C3)cn12. The van der Waals surface area contributed by atoms with Gasteiger partial charge in [0.2, 0.25) is 0 Å². The third-order valence-electron chi connectivity index (χ3n) is 4.05. The maximum Gasteiger partial charge on any atom is 0.306 e. The van der Waals surface area contributed by atoms with Crippen molar-refractivity contribution < 1.29 is 14.7 Å². The van der Waals surface area contributed by atoms with Crippen molar-refractivity contribution in [1.29, 1.82) is 0 Å². The Morgan fingerprint density at radius 3 is 2.86 bits per heavy atom. The number of nitrogens with zero attached hydrogens (tertiary/aromatic N) is 2. The number of imidazole rings is 1. The summed E-state index contributed by atoms with van der Waals surface area (Å²) in [4.78, 5) is 27.5. The molecule has 0 aromatic carbocycles. The van der Waals surface area contributed by atoms with Gasteiger partial charge in [-0.25, -0.2) is 4.98 Å². The molecule has 0 unspecified atom stereocenters. The molecule has 1 aliphatic carbocycles. The molecule has 3 rings (SSSR count). The number of nitrogens with one attached hydrogen (secondary N) is 1. The number of carboxylic acids is 1. The van der Waals surface area contributed by atoms with Crippen LogP contribution in [0, 0.1) is 12.8 Å². The van der Waals surface area contributed by atoms with E-state index in [1.165, 1.54) is 0 Å². The number of amides is 1. The number of carbonyl (C=O) groups is 2. The Hall–Kier alpha value is -2.37. The van der Waals surface area contributed by atoms with E-state index in [9.17, 15) is 9.59 Å². The number of aliphatic carboxylic acids is 1. The molecule has 1 fully saturated rings. The van der Waals surface area contributed by atoms with Gasteiger partial charge in [-0.2, -0.15) is 0 Å². The van der Waals surface area contributed by atoms with Crippen molar-refractivity contribution in [2.45, 2.75) is 32.2 Å². The van der Waals surface area contributed by atoms with Crippen molar-refractivity contribution in [3.8, 4) is 0 Å². The minimum atomic E-state index is -0.782. The summed E-state index contributed by atoms with van der Waals surface area (Å²) in [6, 6.07) is 5.61. The van der Waals surface area contributed by atoms with E-state index in [-0.39, 0.29) is 17.9 Å². The van der Waals surface area contributed by atoms with Crippen LogP contribution in [0.5, 0.6) is 0 Å². The fraction of sp³-hybridized carbons (Fsp3) is 0.400. The molecule has 1 amide bonds. The quantitative estimate of drug-likeness (QED) is 0.898. The number of aromatic nitrogens is 2. The second-order valence-electron chi connectivity index (χ2n) is 5.54. The summed E-state index contributed by atoms with van der Waals surface area (Å²) in [6.07, 6.45) is 3.52. The first-order valence-electron chi connectivity index (χ1n) is 7.03. The van der Waals surface area contributed by atoms with Crippen molar-refractivity contribution in [3.05, 3.63) is 35.8 Å². The molecule has 110 valence electrons. The van der Waals surface area contributed by atoms with Crippen LogP contribution in [0.25, 0.3) is 5.65 Å². The van der Waals surface area contributed by atoms with E-state index < -0.39 is 5.97 Å². The van der Waals surface area contributed by atoms with Crippen molar-refractivity contribution in [2.24, 2.45) is 5.92 Å². The Labute approximate surface area is 121 Å². The highest BCUT2D eigenvalue weighted by Crippen LogP contribution is 2.25. The molecule has 2 atom stereocenters. The molecule has 6 nitrogen and oxygen atoms in total. The maximum atomic E-state index is 12.2. The highest BCUT2D eigenvalue weighted by molar-refractivity contribution is 5.93. The van der Waals surface area contributed by atoms with Gasteiger partial charge in [-0.1, -0.05) is 6.07 Å². The molecule has 21 heavy (non-hydrogen) atoms. The van der Waals surface area contributed by atoms with E-state index in [2.05, 4.69) is 10.3 Å². The Bertz CT molecular complexity index is 707. The lowest BCUT2D eigenvalue weighted by atomic mass is 10.1. The number of aryl methyl sites for hydroxylation is 1. The molecule has 0 saturated heterocycles. The van der Waals surface area contributed by atoms with Gasteiger partial charge in [0.25, 0.3) is 5.91 Å². The summed E-state index contributed by atoms with van der Waals surface area (Å²) in [6.45, 7) is 1.95. The lowest BCUT2D eigenvalue weighted by Gasteiger charge is -2.10. The first kappa shape index (κ1) is 13.6. The topological polar surface area (TPSA) is 83.7 Å². The predicted molar refractivity (Wildman–Crippen MR) is 76.2 cm³/mol. The van der Waals surface area contributed by atoms with Crippen molar-refractivity contribution in [2.75, 3.05) is 0 Å². The zero-order valence-electron chi connectivity index (χ0n) is 11.7. The maximum absolute atomic E-state index is 12.2. The van der Waals surface area contributed by atoms with Gasteiger partial charge in [0.15, 0.2) is 0 Å². The average Bonchev–Trinajstić information content (AvgIpc) is 3.05. The fourth-order valence-electron chi connectivity index (χ4n) is 2.85. The third kappa shape index (κ3) is 2.61. The first-order chi connectivity index (χ1) is 10.0. The normalized spacial score (nSPS) is 21.6. The highest BCUT2D eigenvalue weighted by atomic mass is 16.4. The van der Waals surface area contributed by atoms with Gasteiger partial charge >= 0.3 is 5.97 Å². The number of carbonyl (C=O) groups excluding carboxylic acids is 1. The van der Waals surface area contributed by atoms with Crippen LogP contribution in [-0.4, -0.2) is 32.4 Å². The highest BCUT2D eigenvalue weighted by Gasteiger charge is 2.31. The minimum Gasteiger partial charge on any atom is -0.481 e. The van der Waals surface area contributed by atoms with Crippen molar-refractivity contribution >= 4 is 17.5 Å². The summed E-state index contributed by atoms with van der Waals surface area (Å²) in [5.74, 6) is -1.37. The van der Waals surface area contributed by atoms with E-state index in [0.717, 1.165) is 11.3 Å². The van der Waals surface area contributed by atoms with Crippen LogP contribution in [0.2, 0.25) is 0 Å². The minimum absolute atomic E-state index is 0.0792. The smallest absolute Gasteiger partial charge is 0.306 e. The third-order valence-corrected chi connectivity index (χ3v) is 4.05. The lowest BCUT2D eigenvalue weighted by Crippen LogP contribution is -2.33. The molecule has 1 aliphatic rings. The summed E-state index contributed by atoms with van der Waals surface area (Å²) in [5.41, 5.74) is 2.10. The first-order valence-corrected chi connectivity index (χ1v) is 7.03. The van der Waals surface area contributed by atoms with Crippen LogP contribution in [0.3, 0.4) is 0 Å². The average molecular weight is 287 g/mol. The monoisotopic (exact) mass is 287 g/mol. The summed E-state index contributed by atoms with van der Waals surface area (Å²) in [5, 5.41) is 11.9. The fourth-order valence-corrected chi connectivity index (χ4v) is 2.85. The van der Waals surface area contributed by atoms with Gasteiger partial charge in [0.1, 0.15) is 11.3 Å². The van der Waals surface area contributed by atoms with Gasteiger partial charge in [0.05, 0.1) is 5.92 Å². The standard InChI is InChI=1S/C15H17N3O3/c1-9-3-2-4-13-17-12(8-18(9)13)14(19)16-11-6-5-10(7-11)15(20)21/h2-4,8,10-11H,5-7H2,1H3,(H,16,19)(H,20,21)/t10-,11+/m0/s1. The zero-order valence-corrected chi connectivity index (χ0v) is 11.7. The van der Waals surface area contributed by atoms with E-state index in [1.807, 2.05) is 29.5 Å². The Kier molecular flexibility index (Phi) is 3.37. The van der Waals surface area contributed by atoms with E-state index in [1.54, 1.807) is 6.20 Å². The Morgan fingerprint density at radius 1 is 1.38 bits per heavy atom. The number of hydrogen-bond acceptors (Lipinski definition) is 3. The molecule has 2 heterocycles. The molecule has 0 aliphatic heterocycles. The van der Waals surface area contributed by atoms with E-state index in [4.69, 9.17) is 5.11 Å².